The van der Waals surface area contributed by atoms with Gasteiger partial charge in [0.05, 0.1) is 11.7 Å². The zero-order valence-corrected chi connectivity index (χ0v) is 10.5. The van der Waals surface area contributed by atoms with Crippen LogP contribution in [0.15, 0.2) is 17.1 Å². The van der Waals surface area contributed by atoms with Gasteiger partial charge in [0.1, 0.15) is 0 Å². The van der Waals surface area contributed by atoms with Gasteiger partial charge in [0.2, 0.25) is 6.39 Å². The SMILES string of the molecule is Cn1cc(C(N)c2ncon2)c(C(C)(C)C)n1. The molecular weight excluding hydrogens is 218 g/mol. The first-order chi connectivity index (χ1) is 7.89. The van der Waals surface area contributed by atoms with Crippen molar-refractivity contribution in [3.8, 4) is 0 Å². The van der Waals surface area contributed by atoms with Gasteiger partial charge in [-0.25, -0.2) is 0 Å². The molecule has 0 saturated carbocycles. The highest BCUT2D eigenvalue weighted by molar-refractivity contribution is 5.30. The summed E-state index contributed by atoms with van der Waals surface area (Å²) in [6.45, 7) is 6.30. The van der Waals surface area contributed by atoms with Crippen LogP contribution in [0.25, 0.3) is 0 Å². The molecule has 0 bridgehead atoms. The molecule has 6 heteroatoms. The Labute approximate surface area is 99.8 Å². The summed E-state index contributed by atoms with van der Waals surface area (Å²) in [5.41, 5.74) is 7.95. The van der Waals surface area contributed by atoms with Crippen LogP contribution in [0.5, 0.6) is 0 Å². The summed E-state index contributed by atoms with van der Waals surface area (Å²) in [7, 11) is 1.88. The van der Waals surface area contributed by atoms with Crippen molar-refractivity contribution in [3.63, 3.8) is 0 Å². The lowest BCUT2D eigenvalue weighted by Gasteiger charge is -2.19. The van der Waals surface area contributed by atoms with Gasteiger partial charge in [-0.05, 0) is 0 Å². The number of aromatic nitrogens is 4. The molecule has 2 N–H and O–H groups in total. The minimum Gasteiger partial charge on any atom is -0.343 e. The van der Waals surface area contributed by atoms with E-state index in [2.05, 4.69) is 36.0 Å². The number of rotatable bonds is 2. The Morgan fingerprint density at radius 2 is 2.12 bits per heavy atom. The normalized spacial score (nSPS) is 13.9. The maximum Gasteiger partial charge on any atom is 0.213 e. The van der Waals surface area contributed by atoms with Crippen LogP contribution in [0.2, 0.25) is 0 Å². The molecule has 2 heterocycles. The number of aryl methyl sites for hydroxylation is 1. The van der Waals surface area contributed by atoms with Gasteiger partial charge < -0.3 is 10.3 Å². The highest BCUT2D eigenvalue weighted by Crippen LogP contribution is 2.29. The van der Waals surface area contributed by atoms with Crippen molar-refractivity contribution in [2.75, 3.05) is 0 Å². The highest BCUT2D eigenvalue weighted by atomic mass is 16.5. The molecule has 0 aliphatic heterocycles. The van der Waals surface area contributed by atoms with Crippen molar-refractivity contribution in [1.29, 1.82) is 0 Å². The van der Waals surface area contributed by atoms with Gasteiger partial charge in [0, 0.05) is 24.2 Å². The molecule has 0 radical (unpaired) electrons. The standard InChI is InChI=1S/C11H17N5O/c1-11(2,3)9-7(5-16(4)14-9)8(12)10-13-6-17-15-10/h5-6,8H,12H2,1-4H3. The second-order valence-corrected chi connectivity index (χ2v) is 5.12. The molecule has 0 aromatic carbocycles. The average Bonchev–Trinajstić information content (AvgIpc) is 2.83. The Hall–Kier alpha value is -1.69. The Morgan fingerprint density at radius 1 is 1.41 bits per heavy atom. The molecule has 0 saturated heterocycles. The van der Waals surface area contributed by atoms with Crippen LogP contribution in [-0.4, -0.2) is 19.9 Å². The second kappa shape index (κ2) is 3.96. The first kappa shape index (κ1) is 11.8. The van der Waals surface area contributed by atoms with Crippen LogP contribution in [0, 0.1) is 0 Å². The fourth-order valence-corrected chi connectivity index (χ4v) is 1.77. The molecule has 1 unspecified atom stereocenters. The minimum absolute atomic E-state index is 0.0715. The van der Waals surface area contributed by atoms with Gasteiger partial charge in [-0.2, -0.15) is 10.1 Å². The predicted octanol–water partition coefficient (Wildman–Crippen LogP) is 1.15. The van der Waals surface area contributed by atoms with Crippen LogP contribution >= 0.6 is 0 Å². The molecule has 6 nitrogen and oxygen atoms in total. The fourth-order valence-electron chi connectivity index (χ4n) is 1.77. The van der Waals surface area contributed by atoms with Crippen LogP contribution in [0.4, 0.5) is 0 Å². The monoisotopic (exact) mass is 235 g/mol. The second-order valence-electron chi connectivity index (χ2n) is 5.12. The summed E-state index contributed by atoms with van der Waals surface area (Å²) in [5, 5.41) is 8.24. The summed E-state index contributed by atoms with van der Waals surface area (Å²) in [6.07, 6.45) is 3.18. The van der Waals surface area contributed by atoms with Crippen LogP contribution in [0.3, 0.4) is 0 Å². The third-order valence-corrected chi connectivity index (χ3v) is 2.56. The van der Waals surface area contributed by atoms with E-state index in [1.54, 1.807) is 4.68 Å². The Morgan fingerprint density at radius 3 is 2.65 bits per heavy atom. The van der Waals surface area contributed by atoms with Crippen LogP contribution < -0.4 is 5.73 Å². The van der Waals surface area contributed by atoms with Gasteiger partial charge in [-0.1, -0.05) is 25.9 Å². The summed E-state index contributed by atoms with van der Waals surface area (Å²) in [4.78, 5) is 3.99. The molecule has 0 aliphatic rings. The van der Waals surface area contributed by atoms with E-state index >= 15 is 0 Å². The molecule has 0 spiro atoms. The van der Waals surface area contributed by atoms with E-state index in [1.807, 2.05) is 13.2 Å². The maximum absolute atomic E-state index is 6.13. The lowest BCUT2D eigenvalue weighted by atomic mass is 9.87. The van der Waals surface area contributed by atoms with Crippen molar-refractivity contribution in [2.45, 2.75) is 32.2 Å². The van der Waals surface area contributed by atoms with E-state index in [9.17, 15) is 0 Å². The lowest BCUT2D eigenvalue weighted by Crippen LogP contribution is -2.20. The third kappa shape index (κ3) is 2.21. The number of nitrogens with zero attached hydrogens (tertiary/aromatic N) is 4. The first-order valence-electron chi connectivity index (χ1n) is 5.45. The Bertz CT molecular complexity index is 494. The quantitative estimate of drug-likeness (QED) is 0.844. The van der Waals surface area contributed by atoms with E-state index in [0.29, 0.717) is 5.82 Å². The van der Waals surface area contributed by atoms with Gasteiger partial charge in [-0.15, -0.1) is 0 Å². The van der Waals surface area contributed by atoms with Gasteiger partial charge >= 0.3 is 0 Å². The van der Waals surface area contributed by atoms with Gasteiger partial charge in [-0.3, -0.25) is 4.68 Å². The van der Waals surface area contributed by atoms with E-state index < -0.39 is 6.04 Å². The van der Waals surface area contributed by atoms with E-state index in [-0.39, 0.29) is 5.41 Å². The average molecular weight is 235 g/mol. The number of nitrogens with two attached hydrogens (primary N) is 1. The Balaban J connectivity index is 2.45. The summed E-state index contributed by atoms with van der Waals surface area (Å²) < 4.78 is 6.48. The first-order valence-corrected chi connectivity index (χ1v) is 5.45. The smallest absolute Gasteiger partial charge is 0.213 e. The summed E-state index contributed by atoms with van der Waals surface area (Å²) in [5.74, 6) is 0.475. The molecule has 0 aliphatic carbocycles. The van der Waals surface area contributed by atoms with E-state index in [1.165, 1.54) is 6.39 Å². The molecule has 2 rings (SSSR count). The van der Waals surface area contributed by atoms with Gasteiger partial charge in [0.25, 0.3) is 0 Å². The predicted molar refractivity (Wildman–Crippen MR) is 62.2 cm³/mol. The van der Waals surface area contributed by atoms with Crippen molar-refractivity contribution in [2.24, 2.45) is 12.8 Å². The highest BCUT2D eigenvalue weighted by Gasteiger charge is 2.27. The van der Waals surface area contributed by atoms with Crippen molar-refractivity contribution in [1.82, 2.24) is 19.9 Å². The molecule has 0 amide bonds. The van der Waals surface area contributed by atoms with Gasteiger partial charge in [0.15, 0.2) is 5.82 Å². The molecule has 0 fully saturated rings. The van der Waals surface area contributed by atoms with Crippen LogP contribution in [-0.2, 0) is 12.5 Å². The largest absolute Gasteiger partial charge is 0.343 e. The lowest BCUT2D eigenvalue weighted by molar-refractivity contribution is 0.407. The third-order valence-electron chi connectivity index (χ3n) is 2.56. The zero-order chi connectivity index (χ0) is 12.6. The zero-order valence-electron chi connectivity index (χ0n) is 10.5. The van der Waals surface area contributed by atoms with Crippen molar-refractivity contribution >= 4 is 0 Å². The number of hydrogen-bond donors (Lipinski definition) is 1. The molecule has 1 atom stereocenters. The molecule has 92 valence electrons. The maximum atomic E-state index is 6.13. The molecule has 2 aromatic rings. The van der Waals surface area contributed by atoms with Crippen LogP contribution in [0.1, 0.15) is 43.9 Å². The summed E-state index contributed by atoms with van der Waals surface area (Å²) in [6, 6.07) is -0.406. The topological polar surface area (TPSA) is 82.8 Å². The molecule has 2 aromatic heterocycles. The molecular formula is C11H17N5O. The van der Waals surface area contributed by atoms with Crippen molar-refractivity contribution < 1.29 is 4.52 Å². The van der Waals surface area contributed by atoms with Crippen molar-refractivity contribution in [3.05, 3.63) is 29.7 Å². The minimum atomic E-state index is -0.406. The fraction of sp³-hybridized carbons (Fsp3) is 0.545. The summed E-state index contributed by atoms with van der Waals surface area (Å²) >= 11 is 0. The van der Waals surface area contributed by atoms with E-state index in [4.69, 9.17) is 10.3 Å². The molecule has 17 heavy (non-hydrogen) atoms. The van der Waals surface area contributed by atoms with E-state index in [0.717, 1.165) is 11.3 Å². The Kier molecular flexibility index (Phi) is 2.74. The number of hydrogen-bond acceptors (Lipinski definition) is 5.